The molecule has 4 aliphatic rings. The van der Waals surface area contributed by atoms with Crippen LogP contribution in [0.3, 0.4) is 0 Å². The van der Waals surface area contributed by atoms with Crippen molar-refractivity contribution in [2.75, 3.05) is 71.3 Å². The molecule has 3 fully saturated rings. The van der Waals surface area contributed by atoms with Crippen LogP contribution < -0.4 is 25.9 Å². The average molecular weight is 1160 g/mol. The van der Waals surface area contributed by atoms with E-state index in [0.29, 0.717) is 32.6 Å². The van der Waals surface area contributed by atoms with Gasteiger partial charge in [-0.25, -0.2) is 0 Å². The Kier molecular flexibility index (Phi) is 17.5. The Bertz CT molecular complexity index is 3270. The molecule has 3 heterocycles. The number of nitrogens with one attached hydrogen (secondary N) is 2. The van der Waals surface area contributed by atoms with Crippen LogP contribution >= 0.6 is 35.7 Å². The lowest BCUT2D eigenvalue weighted by molar-refractivity contribution is -0.133. The van der Waals surface area contributed by atoms with Gasteiger partial charge >= 0.3 is 17.6 Å². The molecule has 20 heteroatoms. The molecule has 6 aromatic rings. The molecule has 412 valence electrons. The van der Waals surface area contributed by atoms with Crippen LogP contribution in [0.15, 0.2) is 157 Å². The van der Waals surface area contributed by atoms with Crippen molar-refractivity contribution in [1.29, 1.82) is 0 Å². The monoisotopic (exact) mass is 1160 g/mol. The van der Waals surface area contributed by atoms with Gasteiger partial charge in [-0.1, -0.05) is 145 Å². The van der Waals surface area contributed by atoms with E-state index >= 15 is 0 Å². The average Bonchev–Trinajstić information content (AvgIpc) is 4.32. The molecule has 4 amide bonds. The van der Waals surface area contributed by atoms with Crippen LogP contribution in [0.25, 0.3) is 17.7 Å². The molecule has 6 aromatic carbocycles. The summed E-state index contributed by atoms with van der Waals surface area (Å²) in [5.74, 6) is -1.50. The topological polar surface area (TPSA) is 157 Å². The minimum Gasteiger partial charge on any atom is -0.373 e. The van der Waals surface area contributed by atoms with E-state index in [9.17, 15) is 19.2 Å². The smallest absolute Gasteiger partial charge is 0.373 e. The van der Waals surface area contributed by atoms with E-state index in [-0.39, 0.29) is 23.5 Å². The zero-order chi connectivity index (χ0) is 56.1. The Morgan fingerprint density at radius 3 is 1.70 bits per heavy atom. The van der Waals surface area contributed by atoms with Gasteiger partial charge in [0.25, 0.3) is 5.91 Å². The molecular formula is C60H61N5O10S3Si2. The first-order chi connectivity index (χ1) is 38.8. The van der Waals surface area contributed by atoms with Crippen molar-refractivity contribution in [3.05, 3.63) is 184 Å². The Morgan fingerprint density at radius 1 is 0.637 bits per heavy atom. The predicted octanol–water partition coefficient (Wildman–Crippen LogP) is 8.98. The van der Waals surface area contributed by atoms with Crippen molar-refractivity contribution in [2.45, 2.75) is 41.8 Å². The highest BCUT2D eigenvalue weighted by Gasteiger charge is 2.51. The third-order valence-electron chi connectivity index (χ3n) is 15.0. The van der Waals surface area contributed by atoms with Crippen molar-refractivity contribution in [3.8, 4) is 0 Å². The number of amides is 4. The summed E-state index contributed by atoms with van der Waals surface area (Å²) < 4.78 is 33.8. The number of anilines is 4. The molecule has 4 unspecified atom stereocenters. The van der Waals surface area contributed by atoms with Crippen LogP contribution in [0.1, 0.15) is 53.0 Å². The van der Waals surface area contributed by atoms with Crippen molar-refractivity contribution in [2.24, 2.45) is 0 Å². The summed E-state index contributed by atoms with van der Waals surface area (Å²) in [6.45, 7) is -0.731. The second kappa shape index (κ2) is 24.7. The highest BCUT2D eigenvalue weighted by Crippen LogP contribution is 2.53. The molecule has 0 spiro atoms. The molecule has 0 radical (unpaired) electrons. The van der Waals surface area contributed by atoms with Crippen molar-refractivity contribution in [3.63, 3.8) is 0 Å². The van der Waals surface area contributed by atoms with Gasteiger partial charge in [-0.15, -0.1) is 0 Å². The fourth-order valence-corrected chi connectivity index (χ4v) is 17.7. The molecule has 1 saturated carbocycles. The minimum absolute atomic E-state index is 0.184. The molecule has 3 aliphatic heterocycles. The zero-order valence-corrected chi connectivity index (χ0v) is 49.5. The van der Waals surface area contributed by atoms with Gasteiger partial charge < -0.3 is 47.0 Å². The molecule has 0 bridgehead atoms. The first-order valence-corrected chi connectivity index (χ1v) is 31.7. The van der Waals surface area contributed by atoms with Gasteiger partial charge in [-0.2, -0.15) is 0 Å². The molecule has 15 nitrogen and oxygen atoms in total. The van der Waals surface area contributed by atoms with Gasteiger partial charge in [0, 0.05) is 87.7 Å². The van der Waals surface area contributed by atoms with Crippen molar-refractivity contribution >= 4 is 132 Å². The summed E-state index contributed by atoms with van der Waals surface area (Å²) in [7, 11) is 2.85. The summed E-state index contributed by atoms with van der Waals surface area (Å²) in [4.78, 5) is 62.3. The summed E-state index contributed by atoms with van der Waals surface area (Å²) >= 11 is 8.07. The number of rotatable bonds is 20. The Hall–Kier alpha value is -6.54. The minimum atomic E-state index is -3.14. The fraction of sp³-hybridized carbons (Fsp3) is 0.250. The fourth-order valence-electron chi connectivity index (χ4n) is 11.1. The molecule has 4 atom stereocenters. The molecule has 2 N–H and O–H groups in total. The van der Waals surface area contributed by atoms with Crippen LogP contribution in [0, 0.1) is 0 Å². The summed E-state index contributed by atoms with van der Waals surface area (Å²) in [6.07, 6.45) is 7.30. The quantitative estimate of drug-likeness (QED) is 0.0323. The van der Waals surface area contributed by atoms with E-state index in [1.807, 2.05) is 24.3 Å². The highest BCUT2D eigenvalue weighted by atomic mass is 32.2. The van der Waals surface area contributed by atoms with Crippen LogP contribution in [-0.2, 0) is 45.7 Å². The van der Waals surface area contributed by atoms with Gasteiger partial charge in [0.15, 0.2) is 0 Å². The number of hydrogen-bond donors (Lipinski definition) is 2. The Morgan fingerprint density at radius 2 is 1.16 bits per heavy atom. The molecule has 10 rings (SSSR count). The zero-order valence-electron chi connectivity index (χ0n) is 45.1. The third kappa shape index (κ3) is 11.4. The second-order valence-electron chi connectivity index (χ2n) is 19.4. The largest absolute Gasteiger partial charge is 0.536 e. The second-order valence-corrected chi connectivity index (χ2v) is 28.2. The summed E-state index contributed by atoms with van der Waals surface area (Å²) in [5, 5.41) is 5.38. The highest BCUT2D eigenvalue weighted by molar-refractivity contribution is 8.25. The van der Waals surface area contributed by atoms with Crippen molar-refractivity contribution in [1.82, 2.24) is 9.80 Å². The van der Waals surface area contributed by atoms with Gasteiger partial charge in [0.05, 0.1) is 4.91 Å². The number of carbonyl (C=O) groups excluding carboxylic acids is 4. The number of hydrogen-bond acceptors (Lipinski definition) is 14. The number of fused-ring (bicyclic) bond motifs is 3. The van der Waals surface area contributed by atoms with Crippen LogP contribution in [-0.4, -0.2) is 128 Å². The molecular weight excluding hydrogens is 1100 g/mol. The maximum atomic E-state index is 14.8. The van der Waals surface area contributed by atoms with Crippen molar-refractivity contribution < 1.29 is 45.7 Å². The van der Waals surface area contributed by atoms with Gasteiger partial charge in [-0.3, -0.25) is 24.1 Å². The maximum Gasteiger partial charge on any atom is 0.536 e. The number of benzene rings is 6. The molecule has 0 aromatic heterocycles. The van der Waals surface area contributed by atoms with E-state index in [1.54, 1.807) is 48.5 Å². The van der Waals surface area contributed by atoms with E-state index in [2.05, 4.69) is 107 Å². The number of thioether (sulfide) groups is 2. The first-order valence-electron chi connectivity index (χ1n) is 26.0. The van der Waals surface area contributed by atoms with Crippen LogP contribution in [0.5, 0.6) is 0 Å². The van der Waals surface area contributed by atoms with Crippen LogP contribution in [0.4, 0.5) is 22.7 Å². The molecule has 2 saturated heterocycles. The van der Waals surface area contributed by atoms with E-state index in [1.165, 1.54) is 69.8 Å². The molecule has 1 aliphatic carbocycles. The molecule has 80 heavy (non-hydrogen) atoms. The summed E-state index contributed by atoms with van der Waals surface area (Å²) in [5.41, 5.74) is 9.82. The van der Waals surface area contributed by atoms with Gasteiger partial charge in [0.2, 0.25) is 17.7 Å². The predicted molar refractivity (Wildman–Crippen MR) is 325 cm³/mol. The SMILES string of the molecule is CO[Si](OC)(OC)c1ccc(NC(=O)CN2C(=O)C(C3S/C(=C/c4ccc5c(c4)C4CCCC4N5c4ccc(C=C(c5ccccc5)c5ccccc5)cc4)C(=O)N3CC(=O)Nc3ccc([Si](OC)(OC)OC)cc3)SC2=S)cc1. The number of thiocarbonyl (C=S) groups is 1. The third-order valence-corrected chi connectivity index (χ3v) is 23.4. The lowest BCUT2D eigenvalue weighted by atomic mass is 9.95. The standard InChI is InChI=1S/C60H61N5O10S3Si2/c1-70-79(71-2,72-3)46-29-23-43(24-30-46)61-54(66)37-63-57(68)53(77-59(63)56-58(69)64(60(76)78-56)38-55(67)62-44-25-31-47(32-26-44)80(73-4,74-5)75-6)36-40-22-33-52-50(35-40)48-18-13-19-51(48)65(52)45-27-20-39(21-28-45)34-49(41-14-9-7-10-15-41)42-16-11-8-12-17-42/h7-12,14-17,20-36,48,51,56,59H,13,18-19,37-38H2,1-6H3,(H,61,66)(H,62,67)/b53-36+. The maximum absolute atomic E-state index is 14.8. The van der Waals surface area contributed by atoms with Gasteiger partial charge in [-0.05, 0) is 107 Å². The van der Waals surface area contributed by atoms with Gasteiger partial charge in [0.1, 0.15) is 28.0 Å². The lowest BCUT2D eigenvalue weighted by Crippen LogP contribution is -2.54. The van der Waals surface area contributed by atoms with E-state index < -0.39 is 51.9 Å². The number of nitrogens with zero attached hydrogens (tertiary/aromatic N) is 3. The summed E-state index contributed by atoms with van der Waals surface area (Å²) in [6, 6.07) is 50.2. The van der Waals surface area contributed by atoms with Crippen LogP contribution in [0.2, 0.25) is 0 Å². The lowest BCUT2D eigenvalue weighted by Gasteiger charge is -2.27. The normalized spacial score (nSPS) is 19.4. The first kappa shape index (κ1) is 56.7. The van der Waals surface area contributed by atoms with E-state index in [0.717, 1.165) is 70.2 Å². The Labute approximate surface area is 482 Å². The number of carbonyl (C=O) groups is 4. The Balaban J connectivity index is 0.898. The van der Waals surface area contributed by atoms with E-state index in [4.69, 9.17) is 38.8 Å².